The zero-order valence-corrected chi connectivity index (χ0v) is 41.6. The van der Waals surface area contributed by atoms with Crippen molar-refractivity contribution in [3.8, 4) is 0 Å². The lowest BCUT2D eigenvalue weighted by atomic mass is 10.1. The number of allylic oxidation sites excluding steroid dienone is 8. The molecular weight excluding hydrogens is 765 g/mol. The first kappa shape index (κ1) is 59.9. The molecule has 0 spiro atoms. The Balaban J connectivity index is 4.24. The van der Waals surface area contributed by atoms with Crippen LogP contribution in [0.4, 0.5) is 0 Å². The van der Waals surface area contributed by atoms with Gasteiger partial charge in [0.15, 0.2) is 6.10 Å². The quantitative estimate of drug-likeness (QED) is 0.0346. The minimum Gasteiger partial charge on any atom is -0.462 e. The van der Waals surface area contributed by atoms with E-state index in [2.05, 4.69) is 69.4 Å². The monoisotopic (exact) mass is 869 g/mol. The van der Waals surface area contributed by atoms with Crippen LogP contribution in [-0.2, 0) is 23.8 Å². The molecule has 0 saturated carbocycles. The van der Waals surface area contributed by atoms with Gasteiger partial charge in [-0.3, -0.25) is 9.59 Å². The molecule has 1 unspecified atom stereocenters. The average molecular weight is 869 g/mol. The third kappa shape index (κ3) is 50.5. The second-order valence-electron chi connectivity index (χ2n) is 18.1. The third-order valence-corrected chi connectivity index (χ3v) is 11.8. The van der Waals surface area contributed by atoms with Gasteiger partial charge in [-0.05, 0) is 83.5 Å². The van der Waals surface area contributed by atoms with Crippen LogP contribution in [0.1, 0.15) is 278 Å². The Morgan fingerprint density at radius 2 is 0.677 bits per heavy atom. The summed E-state index contributed by atoms with van der Waals surface area (Å²) in [6.45, 7) is 7.80. The number of ether oxygens (including phenoxy) is 3. The zero-order chi connectivity index (χ0) is 44.9. The van der Waals surface area contributed by atoms with Gasteiger partial charge in [0.1, 0.15) is 6.61 Å². The fourth-order valence-corrected chi connectivity index (χ4v) is 7.75. The van der Waals surface area contributed by atoms with Gasteiger partial charge in [0, 0.05) is 19.4 Å². The lowest BCUT2D eigenvalue weighted by Gasteiger charge is -2.18. The van der Waals surface area contributed by atoms with Gasteiger partial charge in [0.05, 0.1) is 6.61 Å². The first-order chi connectivity index (χ1) is 30.6. The summed E-state index contributed by atoms with van der Waals surface area (Å²) >= 11 is 0. The number of hydrogen-bond donors (Lipinski definition) is 0. The van der Waals surface area contributed by atoms with Gasteiger partial charge in [-0.15, -0.1) is 0 Å². The maximum atomic E-state index is 12.8. The number of hydrogen-bond acceptors (Lipinski definition) is 5. The summed E-state index contributed by atoms with van der Waals surface area (Å²) in [5.41, 5.74) is 0. The summed E-state index contributed by atoms with van der Waals surface area (Å²) in [6.07, 6.45) is 65.5. The molecule has 0 aromatic carbocycles. The molecule has 0 fully saturated rings. The van der Waals surface area contributed by atoms with E-state index in [0.717, 1.165) is 64.2 Å². The van der Waals surface area contributed by atoms with E-state index in [1.807, 2.05) is 0 Å². The Hall–Kier alpha value is -2.14. The molecule has 0 N–H and O–H groups in total. The summed E-state index contributed by atoms with van der Waals surface area (Å²) in [7, 11) is 0. The van der Waals surface area contributed by atoms with E-state index in [9.17, 15) is 9.59 Å². The van der Waals surface area contributed by atoms with Crippen LogP contribution in [0.15, 0.2) is 48.6 Å². The molecule has 0 aliphatic rings. The van der Waals surface area contributed by atoms with Crippen molar-refractivity contribution in [3.63, 3.8) is 0 Å². The Kier molecular flexibility index (Phi) is 51.4. The number of rotatable bonds is 50. The Labute approximate surface area is 386 Å². The molecule has 0 radical (unpaired) electrons. The van der Waals surface area contributed by atoms with Gasteiger partial charge in [-0.2, -0.15) is 0 Å². The van der Waals surface area contributed by atoms with E-state index < -0.39 is 6.10 Å². The van der Waals surface area contributed by atoms with Crippen LogP contribution in [-0.4, -0.2) is 37.9 Å². The predicted molar refractivity (Wildman–Crippen MR) is 270 cm³/mol. The first-order valence-electron chi connectivity index (χ1n) is 27.2. The average Bonchev–Trinajstić information content (AvgIpc) is 3.27. The van der Waals surface area contributed by atoms with Crippen LogP contribution in [0.5, 0.6) is 0 Å². The van der Waals surface area contributed by atoms with Gasteiger partial charge in [-0.25, -0.2) is 0 Å². The first-order valence-corrected chi connectivity index (χ1v) is 27.2. The molecule has 0 bridgehead atoms. The Morgan fingerprint density at radius 3 is 1.13 bits per heavy atom. The molecule has 362 valence electrons. The van der Waals surface area contributed by atoms with Crippen molar-refractivity contribution in [2.45, 2.75) is 284 Å². The van der Waals surface area contributed by atoms with E-state index in [-0.39, 0.29) is 25.2 Å². The second kappa shape index (κ2) is 53.2. The molecule has 0 heterocycles. The molecule has 5 nitrogen and oxygen atoms in total. The number of carbonyl (C=O) groups is 2. The van der Waals surface area contributed by atoms with Crippen molar-refractivity contribution in [1.82, 2.24) is 0 Å². The predicted octanol–water partition coefficient (Wildman–Crippen LogP) is 18.3. The summed E-state index contributed by atoms with van der Waals surface area (Å²) in [5, 5.41) is 0. The molecule has 1 atom stereocenters. The topological polar surface area (TPSA) is 61.8 Å². The molecule has 0 saturated heterocycles. The highest BCUT2D eigenvalue weighted by atomic mass is 16.6. The third-order valence-electron chi connectivity index (χ3n) is 11.8. The van der Waals surface area contributed by atoms with Crippen molar-refractivity contribution < 1.29 is 23.8 Å². The van der Waals surface area contributed by atoms with Crippen molar-refractivity contribution in [1.29, 1.82) is 0 Å². The standard InChI is InChI=1S/C57H104O5/c1-4-7-10-13-16-19-22-24-26-28-29-30-31-33-36-38-41-44-47-50-56(58)61-54-55(62-57(59)51-48-45-42-39-35-21-18-15-12-9-6-3)53-60-52-49-46-43-40-37-34-32-27-25-23-20-17-14-11-8-5-2/h16,19,24-27,29-30,55H,4-15,17-18,20-23,28,31-54H2,1-3H3/b19-16-,26-24-,27-25-,30-29-. The van der Waals surface area contributed by atoms with E-state index in [1.54, 1.807) is 0 Å². The van der Waals surface area contributed by atoms with E-state index in [0.29, 0.717) is 19.4 Å². The maximum Gasteiger partial charge on any atom is 0.306 e. The highest BCUT2D eigenvalue weighted by Crippen LogP contribution is 2.15. The van der Waals surface area contributed by atoms with Crippen LogP contribution in [0, 0.1) is 0 Å². The zero-order valence-electron chi connectivity index (χ0n) is 41.6. The van der Waals surface area contributed by atoms with Crippen LogP contribution < -0.4 is 0 Å². The van der Waals surface area contributed by atoms with Crippen molar-refractivity contribution >= 4 is 11.9 Å². The maximum absolute atomic E-state index is 12.8. The van der Waals surface area contributed by atoms with Crippen LogP contribution >= 0.6 is 0 Å². The van der Waals surface area contributed by atoms with Crippen molar-refractivity contribution in [2.24, 2.45) is 0 Å². The minimum absolute atomic E-state index is 0.0791. The van der Waals surface area contributed by atoms with Gasteiger partial charge in [0.25, 0.3) is 0 Å². The smallest absolute Gasteiger partial charge is 0.306 e. The number of esters is 2. The Morgan fingerprint density at radius 1 is 0.355 bits per heavy atom. The van der Waals surface area contributed by atoms with E-state index >= 15 is 0 Å². The van der Waals surface area contributed by atoms with Crippen LogP contribution in [0.25, 0.3) is 0 Å². The van der Waals surface area contributed by atoms with Gasteiger partial charge in [-0.1, -0.05) is 230 Å². The van der Waals surface area contributed by atoms with Crippen molar-refractivity contribution in [3.05, 3.63) is 48.6 Å². The fourth-order valence-electron chi connectivity index (χ4n) is 7.75. The van der Waals surface area contributed by atoms with Gasteiger partial charge >= 0.3 is 11.9 Å². The summed E-state index contributed by atoms with van der Waals surface area (Å²) < 4.78 is 17.4. The molecule has 62 heavy (non-hydrogen) atoms. The summed E-state index contributed by atoms with van der Waals surface area (Å²) in [6, 6.07) is 0. The molecule has 0 aliphatic heterocycles. The SMILES string of the molecule is CCCCC/C=C\C/C=C\C/C=C\CCCCCCCCC(=O)OCC(COCCCCCCCC/C=C\CCCCCCCC)OC(=O)CCCCCCCCCCCCC. The second-order valence-corrected chi connectivity index (χ2v) is 18.1. The Bertz CT molecular complexity index is 1030. The molecule has 0 amide bonds. The molecule has 5 heteroatoms. The minimum atomic E-state index is -0.541. The highest BCUT2D eigenvalue weighted by molar-refractivity contribution is 5.70. The van der Waals surface area contributed by atoms with Crippen molar-refractivity contribution in [2.75, 3.05) is 19.8 Å². The molecular formula is C57H104O5. The molecule has 0 aliphatic carbocycles. The van der Waals surface area contributed by atoms with Crippen LogP contribution in [0.3, 0.4) is 0 Å². The normalized spacial score (nSPS) is 12.5. The molecule has 0 aromatic rings. The van der Waals surface area contributed by atoms with E-state index in [4.69, 9.17) is 14.2 Å². The lowest BCUT2D eigenvalue weighted by Crippen LogP contribution is -2.30. The highest BCUT2D eigenvalue weighted by Gasteiger charge is 2.17. The number of unbranched alkanes of at least 4 members (excludes halogenated alkanes) is 31. The molecule has 0 rings (SSSR count). The molecule has 0 aromatic heterocycles. The van der Waals surface area contributed by atoms with Crippen LogP contribution in [0.2, 0.25) is 0 Å². The summed E-state index contributed by atoms with van der Waals surface area (Å²) in [4.78, 5) is 25.4. The largest absolute Gasteiger partial charge is 0.462 e. The lowest BCUT2D eigenvalue weighted by molar-refractivity contribution is -0.163. The van der Waals surface area contributed by atoms with Gasteiger partial charge in [0.2, 0.25) is 0 Å². The fraction of sp³-hybridized carbons (Fsp3) is 0.825. The number of carbonyl (C=O) groups excluding carboxylic acids is 2. The van der Waals surface area contributed by atoms with Gasteiger partial charge < -0.3 is 14.2 Å². The summed E-state index contributed by atoms with van der Waals surface area (Å²) in [5.74, 6) is -0.404. The van der Waals surface area contributed by atoms with E-state index in [1.165, 1.54) is 180 Å².